The van der Waals surface area contributed by atoms with E-state index in [-0.39, 0.29) is 5.56 Å². The van der Waals surface area contributed by atoms with E-state index in [4.69, 9.17) is 0 Å². The molecule has 0 saturated heterocycles. The van der Waals surface area contributed by atoms with Gasteiger partial charge in [0.2, 0.25) is 0 Å². The number of alkyl halides is 3. The summed E-state index contributed by atoms with van der Waals surface area (Å²) in [5.74, 6) is 0. The Kier molecular flexibility index (Phi) is 3.09. The first-order valence-electron chi connectivity index (χ1n) is 4.67. The van der Waals surface area contributed by atoms with E-state index in [1.807, 2.05) is 6.92 Å². The average molecular weight is 218 g/mol. The predicted octanol–water partition coefficient (Wildman–Crippen LogP) is 3.02. The summed E-state index contributed by atoms with van der Waals surface area (Å²) in [6.07, 6.45) is -3.89. The molecule has 0 amide bonds. The molecule has 0 fully saturated rings. The molecule has 1 nitrogen and oxygen atoms in total. The SMILES string of the molecule is CCc1ccc(C(C)(O)C(F)(F)F)cc1. The Balaban J connectivity index is 3.06. The van der Waals surface area contributed by atoms with Crippen LogP contribution in [0.5, 0.6) is 0 Å². The van der Waals surface area contributed by atoms with Crippen LogP contribution in [0.15, 0.2) is 24.3 Å². The summed E-state index contributed by atoms with van der Waals surface area (Å²) >= 11 is 0. The van der Waals surface area contributed by atoms with Crippen LogP contribution in [0.1, 0.15) is 25.0 Å². The maximum atomic E-state index is 12.5. The highest BCUT2D eigenvalue weighted by Crippen LogP contribution is 2.38. The van der Waals surface area contributed by atoms with E-state index >= 15 is 0 Å². The number of aliphatic hydroxyl groups is 1. The van der Waals surface area contributed by atoms with E-state index in [1.165, 1.54) is 12.1 Å². The number of hydrogen-bond donors (Lipinski definition) is 1. The zero-order valence-electron chi connectivity index (χ0n) is 8.60. The molecule has 0 spiro atoms. The number of hydrogen-bond acceptors (Lipinski definition) is 1. The third-order valence-electron chi connectivity index (χ3n) is 2.48. The topological polar surface area (TPSA) is 20.2 Å². The molecule has 1 atom stereocenters. The van der Waals surface area contributed by atoms with E-state index in [1.54, 1.807) is 12.1 Å². The number of aryl methyl sites for hydroxylation is 1. The molecule has 0 aliphatic heterocycles. The van der Waals surface area contributed by atoms with E-state index < -0.39 is 11.8 Å². The Morgan fingerprint density at radius 1 is 1.13 bits per heavy atom. The van der Waals surface area contributed by atoms with Gasteiger partial charge in [-0.15, -0.1) is 0 Å². The largest absolute Gasteiger partial charge is 0.421 e. The van der Waals surface area contributed by atoms with Crippen LogP contribution in [-0.4, -0.2) is 11.3 Å². The second kappa shape index (κ2) is 3.85. The van der Waals surface area contributed by atoms with Gasteiger partial charge in [0, 0.05) is 0 Å². The van der Waals surface area contributed by atoms with Gasteiger partial charge in [-0.3, -0.25) is 0 Å². The van der Waals surface area contributed by atoms with Crippen LogP contribution < -0.4 is 0 Å². The van der Waals surface area contributed by atoms with Crippen molar-refractivity contribution in [3.8, 4) is 0 Å². The summed E-state index contributed by atoms with van der Waals surface area (Å²) < 4.78 is 37.4. The van der Waals surface area contributed by atoms with Gasteiger partial charge < -0.3 is 5.11 Å². The maximum Gasteiger partial charge on any atom is 0.421 e. The van der Waals surface area contributed by atoms with E-state index in [2.05, 4.69) is 0 Å². The first-order chi connectivity index (χ1) is 6.79. The fourth-order valence-corrected chi connectivity index (χ4v) is 1.23. The van der Waals surface area contributed by atoms with Gasteiger partial charge in [0.1, 0.15) is 0 Å². The second-order valence-corrected chi connectivity index (χ2v) is 3.62. The lowest BCUT2D eigenvalue weighted by Crippen LogP contribution is -2.39. The molecule has 1 rings (SSSR count). The second-order valence-electron chi connectivity index (χ2n) is 3.62. The molecule has 1 unspecified atom stereocenters. The van der Waals surface area contributed by atoms with Crippen molar-refractivity contribution in [2.75, 3.05) is 0 Å². The van der Waals surface area contributed by atoms with Gasteiger partial charge in [0.25, 0.3) is 0 Å². The highest BCUT2D eigenvalue weighted by Gasteiger charge is 2.50. The molecular formula is C11H13F3O. The highest BCUT2D eigenvalue weighted by molar-refractivity contribution is 5.27. The summed E-state index contributed by atoms with van der Waals surface area (Å²) in [6, 6.07) is 5.81. The zero-order chi connectivity index (χ0) is 11.7. The molecule has 0 aliphatic carbocycles. The lowest BCUT2D eigenvalue weighted by molar-refractivity contribution is -0.258. The molecule has 0 radical (unpaired) electrons. The van der Waals surface area contributed by atoms with Crippen LogP contribution in [0.25, 0.3) is 0 Å². The highest BCUT2D eigenvalue weighted by atomic mass is 19.4. The van der Waals surface area contributed by atoms with Crippen LogP contribution in [0, 0.1) is 0 Å². The Morgan fingerprint density at radius 2 is 1.60 bits per heavy atom. The smallest absolute Gasteiger partial charge is 0.376 e. The lowest BCUT2D eigenvalue weighted by Gasteiger charge is -2.26. The van der Waals surface area contributed by atoms with Crippen LogP contribution >= 0.6 is 0 Å². The zero-order valence-corrected chi connectivity index (χ0v) is 8.60. The molecule has 0 saturated carbocycles. The summed E-state index contributed by atoms with van der Waals surface area (Å²) in [6.45, 7) is 2.67. The molecule has 84 valence electrons. The molecule has 1 aromatic rings. The first kappa shape index (κ1) is 12.0. The summed E-state index contributed by atoms with van der Waals surface area (Å²) in [5.41, 5.74) is -1.97. The molecule has 0 bridgehead atoms. The fourth-order valence-electron chi connectivity index (χ4n) is 1.23. The third kappa shape index (κ3) is 2.31. The maximum absolute atomic E-state index is 12.5. The molecule has 0 aliphatic rings. The Hall–Kier alpha value is -1.03. The minimum atomic E-state index is -4.65. The molecular weight excluding hydrogens is 205 g/mol. The van der Waals surface area contributed by atoms with Crippen LogP contribution in [0.4, 0.5) is 13.2 Å². The van der Waals surface area contributed by atoms with Crippen molar-refractivity contribution in [1.82, 2.24) is 0 Å². The van der Waals surface area contributed by atoms with Gasteiger partial charge in [-0.25, -0.2) is 0 Å². The van der Waals surface area contributed by atoms with E-state index in [9.17, 15) is 18.3 Å². The van der Waals surface area contributed by atoms with Crippen molar-refractivity contribution in [3.05, 3.63) is 35.4 Å². The third-order valence-corrected chi connectivity index (χ3v) is 2.48. The number of halogens is 3. The standard InChI is InChI=1S/C11H13F3O/c1-3-8-4-6-9(7-5-8)10(2,15)11(12,13)14/h4-7,15H,3H2,1-2H3. The average Bonchev–Trinajstić information content (AvgIpc) is 2.16. The van der Waals surface area contributed by atoms with Gasteiger partial charge >= 0.3 is 6.18 Å². The summed E-state index contributed by atoms with van der Waals surface area (Å²) in [7, 11) is 0. The Morgan fingerprint density at radius 3 is 1.93 bits per heavy atom. The van der Waals surface area contributed by atoms with Gasteiger partial charge in [-0.05, 0) is 24.5 Å². The minimum Gasteiger partial charge on any atom is -0.376 e. The van der Waals surface area contributed by atoms with E-state index in [0.29, 0.717) is 0 Å². The van der Waals surface area contributed by atoms with Crippen molar-refractivity contribution in [1.29, 1.82) is 0 Å². The normalized spacial score (nSPS) is 16.1. The van der Waals surface area contributed by atoms with Crippen LogP contribution in [0.3, 0.4) is 0 Å². The van der Waals surface area contributed by atoms with Gasteiger partial charge in [0.15, 0.2) is 5.60 Å². The lowest BCUT2D eigenvalue weighted by atomic mass is 9.94. The quantitative estimate of drug-likeness (QED) is 0.809. The van der Waals surface area contributed by atoms with Crippen molar-refractivity contribution < 1.29 is 18.3 Å². The van der Waals surface area contributed by atoms with Crippen molar-refractivity contribution in [2.45, 2.75) is 32.0 Å². The summed E-state index contributed by atoms with van der Waals surface area (Å²) in [4.78, 5) is 0. The van der Waals surface area contributed by atoms with Gasteiger partial charge in [-0.1, -0.05) is 31.2 Å². The monoisotopic (exact) mass is 218 g/mol. The molecule has 1 N–H and O–H groups in total. The molecule has 1 aromatic carbocycles. The first-order valence-corrected chi connectivity index (χ1v) is 4.67. The van der Waals surface area contributed by atoms with Gasteiger partial charge in [0.05, 0.1) is 0 Å². The fraction of sp³-hybridized carbons (Fsp3) is 0.455. The predicted molar refractivity (Wildman–Crippen MR) is 51.4 cm³/mol. The molecule has 15 heavy (non-hydrogen) atoms. The molecule has 0 aromatic heterocycles. The minimum absolute atomic E-state index is 0.132. The van der Waals surface area contributed by atoms with Crippen molar-refractivity contribution in [3.63, 3.8) is 0 Å². The Bertz CT molecular complexity index is 325. The van der Waals surface area contributed by atoms with Crippen LogP contribution in [-0.2, 0) is 12.0 Å². The van der Waals surface area contributed by atoms with Crippen molar-refractivity contribution >= 4 is 0 Å². The van der Waals surface area contributed by atoms with Gasteiger partial charge in [-0.2, -0.15) is 13.2 Å². The van der Waals surface area contributed by atoms with Crippen LogP contribution in [0.2, 0.25) is 0 Å². The van der Waals surface area contributed by atoms with Crippen molar-refractivity contribution in [2.24, 2.45) is 0 Å². The number of benzene rings is 1. The molecule has 0 heterocycles. The molecule has 4 heteroatoms. The van der Waals surface area contributed by atoms with E-state index in [0.717, 1.165) is 18.9 Å². The Labute approximate surface area is 86.5 Å². The summed E-state index contributed by atoms with van der Waals surface area (Å²) in [5, 5.41) is 9.36. The number of rotatable bonds is 2.